The minimum atomic E-state index is -0.125. The Hall–Kier alpha value is -2.96. The van der Waals surface area contributed by atoms with Crippen molar-refractivity contribution in [3.05, 3.63) is 82.6 Å². The molecule has 0 atom stereocenters. The largest absolute Gasteiger partial charge is 0.338 e. The fourth-order valence-electron chi connectivity index (χ4n) is 3.51. The maximum Gasteiger partial charge on any atom is 0.255 e. The average molecular weight is 422 g/mol. The second kappa shape index (κ2) is 9.24. The van der Waals surface area contributed by atoms with E-state index in [4.69, 9.17) is 11.6 Å². The Labute approximate surface area is 181 Å². The van der Waals surface area contributed by atoms with Gasteiger partial charge in [-0.15, -0.1) is 0 Å². The first kappa shape index (κ1) is 20.3. The summed E-state index contributed by atoms with van der Waals surface area (Å²) in [6.07, 6.45) is 3.56. The number of halogens is 1. The van der Waals surface area contributed by atoms with Crippen LogP contribution < -0.4 is 10.2 Å². The molecule has 0 saturated carbocycles. The zero-order valence-electron chi connectivity index (χ0n) is 16.9. The van der Waals surface area contributed by atoms with Gasteiger partial charge in [-0.05, 0) is 54.4 Å². The van der Waals surface area contributed by atoms with E-state index >= 15 is 0 Å². The third-order valence-electron chi connectivity index (χ3n) is 5.25. The SMILES string of the molecule is Cc1cc(NC(=O)c2ccc(CN3CCN(c4ncccn4)CC3)cc2)ccc1Cl. The standard InChI is InChI=1S/C23H24ClN5O/c1-17-15-20(7-8-21(17)24)27-22(30)19-5-3-18(4-6-19)16-28-11-13-29(14-12-28)23-25-9-2-10-26-23/h2-10,15H,11-14,16H2,1H3,(H,27,30). The molecule has 0 aliphatic carbocycles. The van der Waals surface area contributed by atoms with Crippen molar-refractivity contribution in [2.24, 2.45) is 0 Å². The third-order valence-corrected chi connectivity index (χ3v) is 5.67. The number of aromatic nitrogens is 2. The fraction of sp³-hybridized carbons (Fsp3) is 0.261. The summed E-state index contributed by atoms with van der Waals surface area (Å²) in [7, 11) is 0. The van der Waals surface area contributed by atoms with E-state index in [1.165, 1.54) is 5.56 Å². The van der Waals surface area contributed by atoms with Crippen LogP contribution in [0.15, 0.2) is 60.9 Å². The van der Waals surface area contributed by atoms with Crippen molar-refractivity contribution in [3.63, 3.8) is 0 Å². The normalized spacial score (nSPS) is 14.5. The Balaban J connectivity index is 1.30. The zero-order valence-corrected chi connectivity index (χ0v) is 17.6. The summed E-state index contributed by atoms with van der Waals surface area (Å²) in [6.45, 7) is 6.50. The van der Waals surface area contributed by atoms with E-state index in [0.29, 0.717) is 10.6 Å². The third kappa shape index (κ3) is 4.96. The van der Waals surface area contributed by atoms with E-state index in [-0.39, 0.29) is 5.91 Å². The molecule has 154 valence electrons. The molecule has 1 fully saturated rings. The highest BCUT2D eigenvalue weighted by molar-refractivity contribution is 6.31. The Bertz CT molecular complexity index is 1000. The molecular formula is C23H24ClN5O. The van der Waals surface area contributed by atoms with Crippen molar-refractivity contribution in [2.45, 2.75) is 13.5 Å². The number of nitrogens with one attached hydrogen (secondary N) is 1. The minimum absolute atomic E-state index is 0.125. The maximum atomic E-state index is 12.5. The number of anilines is 2. The molecule has 1 aliphatic rings. The minimum Gasteiger partial charge on any atom is -0.338 e. The van der Waals surface area contributed by atoms with Gasteiger partial charge in [0.2, 0.25) is 5.95 Å². The molecule has 3 aromatic rings. The molecule has 1 saturated heterocycles. The summed E-state index contributed by atoms with van der Waals surface area (Å²) in [5.41, 5.74) is 3.51. The van der Waals surface area contributed by atoms with Gasteiger partial charge in [-0.3, -0.25) is 9.69 Å². The lowest BCUT2D eigenvalue weighted by molar-refractivity contribution is 0.102. The van der Waals surface area contributed by atoms with E-state index in [1.54, 1.807) is 18.5 Å². The van der Waals surface area contributed by atoms with Crippen LogP contribution >= 0.6 is 11.6 Å². The topological polar surface area (TPSA) is 61.4 Å². The van der Waals surface area contributed by atoms with Crippen molar-refractivity contribution < 1.29 is 4.79 Å². The Morgan fingerprint density at radius 3 is 2.40 bits per heavy atom. The molecule has 2 heterocycles. The van der Waals surface area contributed by atoms with Crippen molar-refractivity contribution in [1.82, 2.24) is 14.9 Å². The van der Waals surface area contributed by atoms with Gasteiger partial charge in [0.05, 0.1) is 0 Å². The maximum absolute atomic E-state index is 12.5. The summed E-state index contributed by atoms with van der Waals surface area (Å²) in [5.74, 6) is 0.670. The highest BCUT2D eigenvalue weighted by Gasteiger charge is 2.18. The van der Waals surface area contributed by atoms with Gasteiger partial charge in [0, 0.05) is 61.4 Å². The number of rotatable bonds is 5. The smallest absolute Gasteiger partial charge is 0.255 e. The van der Waals surface area contributed by atoms with Gasteiger partial charge in [0.15, 0.2) is 0 Å². The molecule has 7 heteroatoms. The molecule has 30 heavy (non-hydrogen) atoms. The lowest BCUT2D eigenvalue weighted by Crippen LogP contribution is -2.46. The summed E-state index contributed by atoms with van der Waals surface area (Å²) >= 11 is 6.05. The number of benzene rings is 2. The first-order valence-electron chi connectivity index (χ1n) is 9.99. The summed E-state index contributed by atoms with van der Waals surface area (Å²) < 4.78 is 0. The molecule has 1 N–H and O–H groups in total. The van der Waals surface area contributed by atoms with E-state index < -0.39 is 0 Å². The fourth-order valence-corrected chi connectivity index (χ4v) is 3.62. The van der Waals surface area contributed by atoms with E-state index in [2.05, 4.69) is 25.1 Å². The average Bonchev–Trinajstić information content (AvgIpc) is 2.78. The van der Waals surface area contributed by atoms with Gasteiger partial charge in [0.25, 0.3) is 5.91 Å². The molecule has 1 aromatic heterocycles. The number of piperazine rings is 1. The predicted molar refractivity (Wildman–Crippen MR) is 120 cm³/mol. The summed E-state index contributed by atoms with van der Waals surface area (Å²) in [4.78, 5) is 25.8. The molecule has 4 rings (SSSR count). The van der Waals surface area contributed by atoms with Gasteiger partial charge in [-0.1, -0.05) is 23.7 Å². The van der Waals surface area contributed by atoms with Crippen LogP contribution in [0.4, 0.5) is 11.6 Å². The van der Waals surface area contributed by atoms with Crippen molar-refractivity contribution in [3.8, 4) is 0 Å². The quantitative estimate of drug-likeness (QED) is 0.674. The molecule has 1 aliphatic heterocycles. The van der Waals surface area contributed by atoms with E-state index in [9.17, 15) is 4.79 Å². The molecule has 2 aromatic carbocycles. The first-order valence-corrected chi connectivity index (χ1v) is 10.4. The van der Waals surface area contributed by atoms with Crippen LogP contribution in [0.25, 0.3) is 0 Å². The molecular weight excluding hydrogens is 398 g/mol. The van der Waals surface area contributed by atoms with Crippen LogP contribution in [0.3, 0.4) is 0 Å². The Kier molecular flexibility index (Phi) is 6.26. The highest BCUT2D eigenvalue weighted by Crippen LogP contribution is 2.20. The van der Waals surface area contributed by atoms with E-state index in [0.717, 1.165) is 49.9 Å². The van der Waals surface area contributed by atoms with Crippen LogP contribution in [0.5, 0.6) is 0 Å². The number of carbonyl (C=O) groups excluding carboxylic acids is 1. The molecule has 0 radical (unpaired) electrons. The first-order chi connectivity index (χ1) is 14.6. The molecule has 0 unspecified atom stereocenters. The number of carbonyl (C=O) groups is 1. The molecule has 6 nitrogen and oxygen atoms in total. The zero-order chi connectivity index (χ0) is 20.9. The van der Waals surface area contributed by atoms with Crippen molar-refractivity contribution >= 4 is 29.1 Å². The second-order valence-corrected chi connectivity index (χ2v) is 7.83. The van der Waals surface area contributed by atoms with Crippen LogP contribution in [0, 0.1) is 6.92 Å². The summed E-state index contributed by atoms with van der Waals surface area (Å²) in [5, 5.41) is 3.61. The Morgan fingerprint density at radius 1 is 1.03 bits per heavy atom. The van der Waals surface area contributed by atoms with Gasteiger partial charge < -0.3 is 10.2 Å². The van der Waals surface area contributed by atoms with Gasteiger partial charge in [0.1, 0.15) is 0 Å². The number of hydrogen-bond donors (Lipinski definition) is 1. The molecule has 1 amide bonds. The van der Waals surface area contributed by atoms with Crippen LogP contribution in [0.2, 0.25) is 5.02 Å². The number of nitrogens with zero attached hydrogens (tertiary/aromatic N) is 4. The van der Waals surface area contributed by atoms with Crippen LogP contribution in [-0.4, -0.2) is 47.0 Å². The number of amides is 1. The van der Waals surface area contributed by atoms with Crippen molar-refractivity contribution in [2.75, 3.05) is 36.4 Å². The van der Waals surface area contributed by atoms with E-state index in [1.807, 2.05) is 49.4 Å². The highest BCUT2D eigenvalue weighted by atomic mass is 35.5. The molecule has 0 spiro atoms. The van der Waals surface area contributed by atoms with Crippen LogP contribution in [-0.2, 0) is 6.54 Å². The predicted octanol–water partition coefficient (Wildman–Crippen LogP) is 4.01. The number of aryl methyl sites for hydroxylation is 1. The van der Waals surface area contributed by atoms with Crippen LogP contribution in [0.1, 0.15) is 21.5 Å². The van der Waals surface area contributed by atoms with Gasteiger partial charge in [-0.2, -0.15) is 0 Å². The summed E-state index contributed by atoms with van der Waals surface area (Å²) in [6, 6.07) is 15.1. The van der Waals surface area contributed by atoms with Gasteiger partial charge in [-0.25, -0.2) is 9.97 Å². The lowest BCUT2D eigenvalue weighted by Gasteiger charge is -2.34. The van der Waals surface area contributed by atoms with Gasteiger partial charge >= 0.3 is 0 Å². The Morgan fingerprint density at radius 2 is 1.73 bits per heavy atom. The van der Waals surface area contributed by atoms with Crippen molar-refractivity contribution in [1.29, 1.82) is 0 Å². The number of hydrogen-bond acceptors (Lipinski definition) is 5. The second-order valence-electron chi connectivity index (χ2n) is 7.43. The molecule has 0 bridgehead atoms. The monoisotopic (exact) mass is 421 g/mol. The lowest BCUT2D eigenvalue weighted by atomic mass is 10.1.